The molecule has 31 heavy (non-hydrogen) atoms. The van der Waals surface area contributed by atoms with Crippen LogP contribution in [0.4, 0.5) is 0 Å². The largest absolute Gasteiger partial charge is 0.481 e. The lowest BCUT2D eigenvalue weighted by Crippen LogP contribution is -2.59. The van der Waals surface area contributed by atoms with E-state index in [0.717, 1.165) is 37.1 Å². The van der Waals surface area contributed by atoms with E-state index in [2.05, 4.69) is 9.97 Å². The maximum Gasteiger partial charge on any atom is 0.329 e. The molecule has 4 rings (SSSR count). The zero-order valence-corrected chi connectivity index (χ0v) is 17.7. The highest BCUT2D eigenvalue weighted by Gasteiger charge is 2.51. The van der Waals surface area contributed by atoms with Crippen molar-refractivity contribution in [2.45, 2.75) is 44.6 Å². The Balaban J connectivity index is 1.75. The number of carboxylic acid groups (broad SMARTS) is 2. The summed E-state index contributed by atoms with van der Waals surface area (Å²) in [6.07, 6.45) is 7.25. The molecular formula is C22H28N4O5. The standard InChI is InChI=1S/C22H28N4O5/c1-15(12-20(27)28)22(21(29)30,25-8-10-31-11-9-25)16-6-7-19(23-13-16)26-14-24-17-4-2-3-5-18(17)26/h6-7,13-15H,2-5,8-12H2,1H3,(H,27,28)(H,29,30). The third-order valence-corrected chi connectivity index (χ3v) is 6.49. The lowest BCUT2D eigenvalue weighted by molar-refractivity contribution is -0.163. The van der Waals surface area contributed by atoms with E-state index in [1.807, 2.05) is 9.47 Å². The van der Waals surface area contributed by atoms with Gasteiger partial charge in [-0.2, -0.15) is 0 Å². The lowest BCUT2D eigenvalue weighted by Gasteiger charge is -2.46. The lowest BCUT2D eigenvalue weighted by atomic mass is 9.76. The summed E-state index contributed by atoms with van der Waals surface area (Å²) >= 11 is 0. The van der Waals surface area contributed by atoms with Gasteiger partial charge in [-0.3, -0.25) is 14.3 Å². The number of carbonyl (C=O) groups is 2. The molecule has 166 valence electrons. The Hall–Kier alpha value is -2.78. The normalized spacial score (nSPS) is 19.9. The van der Waals surface area contributed by atoms with Crippen molar-refractivity contribution < 1.29 is 24.5 Å². The van der Waals surface area contributed by atoms with Crippen LogP contribution >= 0.6 is 0 Å². The number of hydrogen-bond donors (Lipinski definition) is 2. The van der Waals surface area contributed by atoms with Gasteiger partial charge in [0.2, 0.25) is 0 Å². The molecule has 2 atom stereocenters. The van der Waals surface area contributed by atoms with Crippen LogP contribution in [0.1, 0.15) is 43.1 Å². The van der Waals surface area contributed by atoms with E-state index in [1.54, 1.807) is 31.6 Å². The van der Waals surface area contributed by atoms with Crippen molar-refractivity contribution in [3.8, 4) is 5.82 Å². The summed E-state index contributed by atoms with van der Waals surface area (Å²) < 4.78 is 7.38. The number of pyridine rings is 1. The van der Waals surface area contributed by atoms with Gasteiger partial charge in [0.05, 0.1) is 25.3 Å². The molecule has 9 nitrogen and oxygen atoms in total. The van der Waals surface area contributed by atoms with E-state index < -0.39 is 23.4 Å². The number of nitrogens with zero attached hydrogens (tertiary/aromatic N) is 4. The van der Waals surface area contributed by atoms with E-state index in [-0.39, 0.29) is 6.42 Å². The minimum Gasteiger partial charge on any atom is -0.481 e. The molecular weight excluding hydrogens is 400 g/mol. The van der Waals surface area contributed by atoms with Gasteiger partial charge < -0.3 is 14.9 Å². The summed E-state index contributed by atoms with van der Waals surface area (Å²) in [5, 5.41) is 19.8. The number of aromatic nitrogens is 3. The minimum atomic E-state index is -1.50. The Morgan fingerprint density at radius 1 is 1.16 bits per heavy atom. The van der Waals surface area contributed by atoms with Crippen molar-refractivity contribution >= 4 is 11.9 Å². The number of imidazole rings is 1. The Kier molecular flexibility index (Phi) is 6.06. The van der Waals surface area contributed by atoms with Crippen LogP contribution in [0.3, 0.4) is 0 Å². The van der Waals surface area contributed by atoms with Crippen LogP contribution in [0, 0.1) is 5.92 Å². The van der Waals surface area contributed by atoms with E-state index in [9.17, 15) is 19.8 Å². The number of fused-ring (bicyclic) bond motifs is 1. The third kappa shape index (κ3) is 3.83. The fraction of sp³-hybridized carbons (Fsp3) is 0.545. The number of rotatable bonds is 7. The average molecular weight is 428 g/mol. The highest BCUT2D eigenvalue weighted by Crippen LogP contribution is 2.39. The molecule has 2 aromatic heterocycles. The zero-order valence-electron chi connectivity index (χ0n) is 17.7. The van der Waals surface area contributed by atoms with E-state index >= 15 is 0 Å². The number of ether oxygens (including phenoxy) is 1. The van der Waals surface area contributed by atoms with Crippen molar-refractivity contribution in [1.29, 1.82) is 0 Å². The summed E-state index contributed by atoms with van der Waals surface area (Å²) in [6, 6.07) is 3.57. The first-order valence-electron chi connectivity index (χ1n) is 10.7. The maximum absolute atomic E-state index is 12.7. The summed E-state index contributed by atoms with van der Waals surface area (Å²) in [5.41, 5.74) is 1.24. The molecule has 0 bridgehead atoms. The minimum absolute atomic E-state index is 0.263. The fourth-order valence-corrected chi connectivity index (χ4v) is 4.99. The van der Waals surface area contributed by atoms with Gasteiger partial charge in [0, 0.05) is 30.5 Å². The molecule has 1 fully saturated rings. The van der Waals surface area contributed by atoms with Crippen LogP contribution in [-0.2, 0) is 32.7 Å². The second kappa shape index (κ2) is 8.76. The topological polar surface area (TPSA) is 118 Å². The van der Waals surface area contributed by atoms with Gasteiger partial charge in [0.15, 0.2) is 0 Å². The summed E-state index contributed by atoms with van der Waals surface area (Å²) in [5.74, 6) is -2.08. The molecule has 0 saturated carbocycles. The van der Waals surface area contributed by atoms with Gasteiger partial charge in [-0.1, -0.05) is 13.0 Å². The molecule has 9 heteroatoms. The molecule has 2 aliphatic rings. The average Bonchev–Trinajstić information content (AvgIpc) is 3.19. The SMILES string of the molecule is CC(CC(=O)O)C(C(=O)O)(c1ccc(-n2cnc3c2CCCC3)nc1)N1CCOCC1. The highest BCUT2D eigenvalue weighted by atomic mass is 16.5. The van der Waals surface area contributed by atoms with Gasteiger partial charge in [0.1, 0.15) is 17.7 Å². The van der Waals surface area contributed by atoms with Gasteiger partial charge in [-0.25, -0.2) is 14.8 Å². The number of aliphatic carboxylic acids is 2. The third-order valence-electron chi connectivity index (χ3n) is 6.49. The van der Waals surface area contributed by atoms with Gasteiger partial charge in [0.25, 0.3) is 0 Å². The molecule has 0 amide bonds. The quantitative estimate of drug-likeness (QED) is 0.686. The van der Waals surface area contributed by atoms with Crippen LogP contribution in [0.2, 0.25) is 0 Å². The van der Waals surface area contributed by atoms with Crippen molar-refractivity contribution in [3.05, 3.63) is 41.6 Å². The van der Waals surface area contributed by atoms with Crippen LogP contribution in [0.5, 0.6) is 0 Å². The zero-order chi connectivity index (χ0) is 22.0. The molecule has 0 radical (unpaired) electrons. The van der Waals surface area contributed by atoms with Crippen LogP contribution < -0.4 is 0 Å². The number of morpholine rings is 1. The second-order valence-corrected chi connectivity index (χ2v) is 8.29. The molecule has 0 spiro atoms. The highest BCUT2D eigenvalue weighted by molar-refractivity contribution is 5.82. The van der Waals surface area contributed by atoms with Crippen LogP contribution in [0.25, 0.3) is 5.82 Å². The first-order valence-corrected chi connectivity index (χ1v) is 10.7. The molecule has 2 N–H and O–H groups in total. The molecule has 0 aromatic carbocycles. The second-order valence-electron chi connectivity index (χ2n) is 8.29. The van der Waals surface area contributed by atoms with Crippen molar-refractivity contribution in [2.24, 2.45) is 5.92 Å². The Morgan fingerprint density at radius 3 is 2.55 bits per heavy atom. The van der Waals surface area contributed by atoms with Crippen molar-refractivity contribution in [3.63, 3.8) is 0 Å². The number of carboxylic acids is 2. The van der Waals surface area contributed by atoms with Crippen LogP contribution in [-0.4, -0.2) is 67.9 Å². The molecule has 1 saturated heterocycles. The summed E-state index contributed by atoms with van der Waals surface area (Å²) in [4.78, 5) is 35.1. The Morgan fingerprint density at radius 2 is 1.90 bits per heavy atom. The number of aryl methyl sites for hydroxylation is 1. The van der Waals surface area contributed by atoms with E-state index in [0.29, 0.717) is 37.7 Å². The van der Waals surface area contributed by atoms with E-state index in [1.165, 1.54) is 0 Å². The smallest absolute Gasteiger partial charge is 0.329 e. The van der Waals surface area contributed by atoms with Gasteiger partial charge >= 0.3 is 11.9 Å². The molecule has 1 aliphatic carbocycles. The predicted molar refractivity (Wildman–Crippen MR) is 111 cm³/mol. The predicted octanol–water partition coefficient (Wildman–Crippen LogP) is 1.87. The molecule has 1 aliphatic heterocycles. The maximum atomic E-state index is 12.7. The molecule has 2 aromatic rings. The number of hydrogen-bond acceptors (Lipinski definition) is 6. The fourth-order valence-electron chi connectivity index (χ4n) is 4.99. The summed E-state index contributed by atoms with van der Waals surface area (Å²) in [7, 11) is 0. The Labute approximate surface area is 180 Å². The first kappa shape index (κ1) is 21.5. The molecule has 3 heterocycles. The molecule has 2 unspecified atom stereocenters. The van der Waals surface area contributed by atoms with Gasteiger partial charge in [-0.05, 0) is 37.7 Å². The van der Waals surface area contributed by atoms with E-state index in [4.69, 9.17) is 4.74 Å². The van der Waals surface area contributed by atoms with Gasteiger partial charge in [-0.15, -0.1) is 0 Å². The van der Waals surface area contributed by atoms with Crippen molar-refractivity contribution in [1.82, 2.24) is 19.4 Å². The van der Waals surface area contributed by atoms with Crippen LogP contribution in [0.15, 0.2) is 24.7 Å². The Bertz CT molecular complexity index is 951. The summed E-state index contributed by atoms with van der Waals surface area (Å²) in [6.45, 7) is 3.31. The van der Waals surface area contributed by atoms with Crippen molar-refractivity contribution in [2.75, 3.05) is 26.3 Å². The first-order chi connectivity index (χ1) is 14.9. The monoisotopic (exact) mass is 428 g/mol.